The van der Waals surface area contributed by atoms with Crippen LogP contribution in [0.1, 0.15) is 37.4 Å². The summed E-state index contributed by atoms with van der Waals surface area (Å²) in [6, 6.07) is 5.53. The van der Waals surface area contributed by atoms with E-state index in [1.165, 1.54) is 24.4 Å². The van der Waals surface area contributed by atoms with Gasteiger partial charge in [0.05, 0.1) is 23.2 Å². The molecular formula is C24H28BrN3O5. The molecule has 0 radical (unpaired) electrons. The van der Waals surface area contributed by atoms with Gasteiger partial charge in [0.15, 0.2) is 11.5 Å². The molecule has 1 fully saturated rings. The number of halogens is 1. The van der Waals surface area contributed by atoms with Gasteiger partial charge >= 0.3 is 0 Å². The Kier molecular flexibility index (Phi) is 8.10. The highest BCUT2D eigenvalue weighted by molar-refractivity contribution is 9.10. The highest BCUT2D eigenvalue weighted by atomic mass is 79.9. The van der Waals surface area contributed by atoms with Gasteiger partial charge in [0, 0.05) is 24.5 Å². The summed E-state index contributed by atoms with van der Waals surface area (Å²) in [5.74, 6) is -1.58. The summed E-state index contributed by atoms with van der Waals surface area (Å²) in [6.07, 6.45) is 3.67. The maximum absolute atomic E-state index is 13.1. The summed E-state index contributed by atoms with van der Waals surface area (Å²) in [6.45, 7) is 7.04. The lowest BCUT2D eigenvalue weighted by Crippen LogP contribution is -2.33. The molecule has 9 heteroatoms. The summed E-state index contributed by atoms with van der Waals surface area (Å²) in [5, 5.41) is 21.3. The quantitative estimate of drug-likeness (QED) is 0.296. The predicted molar refractivity (Wildman–Crippen MR) is 128 cm³/mol. The third-order valence-corrected chi connectivity index (χ3v) is 6.45. The molecule has 1 aliphatic rings. The van der Waals surface area contributed by atoms with Crippen LogP contribution in [0.5, 0.6) is 11.5 Å². The van der Waals surface area contributed by atoms with Crippen molar-refractivity contribution < 1.29 is 24.5 Å². The Morgan fingerprint density at radius 3 is 2.48 bits per heavy atom. The summed E-state index contributed by atoms with van der Waals surface area (Å²) in [7, 11) is 1.42. The number of hydrogen-bond acceptors (Lipinski definition) is 7. The number of aromatic nitrogens is 1. The number of phenols is 1. The molecule has 2 N–H and O–H groups in total. The average molecular weight is 518 g/mol. The van der Waals surface area contributed by atoms with E-state index in [4.69, 9.17) is 4.74 Å². The second kappa shape index (κ2) is 10.8. The summed E-state index contributed by atoms with van der Waals surface area (Å²) in [4.78, 5) is 33.8. The molecule has 1 saturated heterocycles. The highest BCUT2D eigenvalue weighted by Gasteiger charge is 2.46. The van der Waals surface area contributed by atoms with Crippen molar-refractivity contribution in [3.8, 4) is 11.5 Å². The number of benzene rings is 1. The fourth-order valence-corrected chi connectivity index (χ4v) is 4.49. The average Bonchev–Trinajstić information content (AvgIpc) is 3.08. The van der Waals surface area contributed by atoms with E-state index in [0.29, 0.717) is 28.6 Å². The second-order valence-corrected chi connectivity index (χ2v) is 8.52. The number of phenolic OH excluding ortho intramolecular Hbond substituents is 1. The molecule has 3 rings (SSSR count). The fraction of sp³-hybridized carbons (Fsp3) is 0.375. The van der Waals surface area contributed by atoms with E-state index in [2.05, 4.69) is 39.7 Å². The van der Waals surface area contributed by atoms with Crippen LogP contribution < -0.4 is 4.74 Å². The van der Waals surface area contributed by atoms with Gasteiger partial charge < -0.3 is 24.7 Å². The van der Waals surface area contributed by atoms with Crippen LogP contribution in [0, 0.1) is 0 Å². The molecule has 33 heavy (non-hydrogen) atoms. The number of methoxy groups -OCH3 is 1. The summed E-state index contributed by atoms with van der Waals surface area (Å²) in [5.41, 5.74) is 0.920. The Morgan fingerprint density at radius 2 is 1.88 bits per heavy atom. The zero-order chi connectivity index (χ0) is 24.1. The third-order valence-electron chi connectivity index (χ3n) is 5.85. The standard InChI is InChI=1S/C24H28BrN3O5/c1-4-27(5-2)11-6-12-28-20(16-13-17(25)22(30)18(14-16)33-3)19(23(31)24(28)32)21(29)15-7-9-26-10-8-15/h7-10,13-14,20,29-30H,4-6,11-12H2,1-3H3. The van der Waals surface area contributed by atoms with Crippen molar-refractivity contribution in [3.05, 3.63) is 57.8 Å². The van der Waals surface area contributed by atoms with Gasteiger partial charge in [-0.05, 0) is 71.8 Å². The molecule has 176 valence electrons. The van der Waals surface area contributed by atoms with E-state index >= 15 is 0 Å². The number of Topliss-reactive ketones (excluding diaryl/α,β-unsaturated/α-hetero) is 1. The van der Waals surface area contributed by atoms with E-state index in [1.54, 1.807) is 24.3 Å². The van der Waals surface area contributed by atoms with E-state index in [0.717, 1.165) is 19.6 Å². The maximum Gasteiger partial charge on any atom is 0.295 e. The van der Waals surface area contributed by atoms with Crippen LogP contribution in [0.15, 0.2) is 46.7 Å². The molecule has 1 amide bonds. The molecule has 1 aromatic carbocycles. The maximum atomic E-state index is 13.1. The molecule has 0 spiro atoms. The molecule has 1 atom stereocenters. The Bertz CT molecular complexity index is 1050. The molecule has 0 aliphatic carbocycles. The van der Waals surface area contributed by atoms with Crippen molar-refractivity contribution in [1.29, 1.82) is 0 Å². The van der Waals surface area contributed by atoms with Crippen molar-refractivity contribution in [3.63, 3.8) is 0 Å². The molecule has 0 bridgehead atoms. The van der Waals surface area contributed by atoms with Crippen LogP contribution in [-0.4, -0.2) is 70.0 Å². The van der Waals surface area contributed by atoms with Crippen LogP contribution in [0.3, 0.4) is 0 Å². The van der Waals surface area contributed by atoms with Crippen molar-refractivity contribution in [2.24, 2.45) is 0 Å². The Labute approximate surface area is 201 Å². The molecule has 1 aliphatic heterocycles. The predicted octanol–water partition coefficient (Wildman–Crippen LogP) is 3.71. The summed E-state index contributed by atoms with van der Waals surface area (Å²) < 4.78 is 5.63. The van der Waals surface area contributed by atoms with Gasteiger partial charge in [-0.25, -0.2) is 0 Å². The SMILES string of the molecule is CCN(CC)CCCN1C(=O)C(=O)C(=C(O)c2ccncc2)C1c1cc(Br)c(O)c(OC)c1. The lowest BCUT2D eigenvalue weighted by molar-refractivity contribution is -0.140. The van der Waals surface area contributed by atoms with Crippen LogP contribution in [0.4, 0.5) is 0 Å². The number of carbonyl (C=O) groups excluding carboxylic acids is 2. The highest BCUT2D eigenvalue weighted by Crippen LogP contribution is 2.44. The molecule has 2 heterocycles. The number of ether oxygens (including phenoxy) is 1. The van der Waals surface area contributed by atoms with Crippen LogP contribution >= 0.6 is 15.9 Å². The Morgan fingerprint density at radius 1 is 1.21 bits per heavy atom. The van der Waals surface area contributed by atoms with Crippen LogP contribution in [0.25, 0.3) is 5.76 Å². The van der Waals surface area contributed by atoms with E-state index in [1.807, 2.05) is 0 Å². The van der Waals surface area contributed by atoms with Gasteiger partial charge in [0.25, 0.3) is 11.7 Å². The lowest BCUT2D eigenvalue weighted by Gasteiger charge is -2.27. The first-order valence-corrected chi connectivity index (χ1v) is 11.6. The van der Waals surface area contributed by atoms with E-state index < -0.39 is 17.7 Å². The van der Waals surface area contributed by atoms with E-state index in [-0.39, 0.29) is 22.8 Å². The number of aliphatic hydroxyl groups is 1. The van der Waals surface area contributed by atoms with Gasteiger partial charge in [-0.15, -0.1) is 0 Å². The number of rotatable bonds is 9. The smallest absolute Gasteiger partial charge is 0.295 e. The van der Waals surface area contributed by atoms with Crippen LogP contribution in [-0.2, 0) is 9.59 Å². The van der Waals surface area contributed by atoms with Crippen LogP contribution in [0.2, 0.25) is 0 Å². The van der Waals surface area contributed by atoms with Crippen molar-refractivity contribution in [2.45, 2.75) is 26.3 Å². The number of pyridine rings is 1. The lowest BCUT2D eigenvalue weighted by atomic mass is 9.95. The Hall–Kier alpha value is -2.91. The molecule has 2 aromatic rings. The van der Waals surface area contributed by atoms with Gasteiger partial charge in [-0.3, -0.25) is 14.6 Å². The monoisotopic (exact) mass is 517 g/mol. The minimum absolute atomic E-state index is 0.00585. The van der Waals surface area contributed by atoms with Gasteiger partial charge in [0.2, 0.25) is 0 Å². The topological polar surface area (TPSA) is 103 Å². The number of nitrogens with zero attached hydrogens (tertiary/aromatic N) is 3. The number of likely N-dealkylation sites (tertiary alicyclic amines) is 1. The third kappa shape index (κ3) is 5.04. The minimum Gasteiger partial charge on any atom is -0.507 e. The zero-order valence-electron chi connectivity index (χ0n) is 18.9. The fourth-order valence-electron chi connectivity index (χ4n) is 4.03. The Balaban J connectivity index is 2.10. The minimum atomic E-state index is -0.833. The first-order valence-electron chi connectivity index (χ1n) is 10.8. The number of aromatic hydroxyl groups is 1. The summed E-state index contributed by atoms with van der Waals surface area (Å²) >= 11 is 3.32. The normalized spacial score (nSPS) is 17.7. The van der Waals surface area contributed by atoms with Crippen molar-refractivity contribution in [1.82, 2.24) is 14.8 Å². The first-order chi connectivity index (χ1) is 15.8. The number of carbonyl (C=O) groups is 2. The first kappa shape index (κ1) is 24.7. The molecular weight excluding hydrogens is 490 g/mol. The molecule has 8 nitrogen and oxygen atoms in total. The molecule has 1 unspecified atom stereocenters. The van der Waals surface area contributed by atoms with E-state index in [9.17, 15) is 19.8 Å². The van der Waals surface area contributed by atoms with Gasteiger partial charge in [-0.2, -0.15) is 0 Å². The number of amides is 1. The second-order valence-electron chi connectivity index (χ2n) is 7.66. The number of aliphatic hydroxyl groups excluding tert-OH is 1. The van der Waals surface area contributed by atoms with Crippen molar-refractivity contribution in [2.75, 3.05) is 33.3 Å². The molecule has 0 saturated carbocycles. The molecule has 1 aromatic heterocycles. The van der Waals surface area contributed by atoms with Gasteiger partial charge in [-0.1, -0.05) is 13.8 Å². The number of hydrogen-bond donors (Lipinski definition) is 2. The number of ketones is 1. The van der Waals surface area contributed by atoms with Crippen molar-refractivity contribution >= 4 is 33.4 Å². The largest absolute Gasteiger partial charge is 0.507 e. The van der Waals surface area contributed by atoms with Gasteiger partial charge in [0.1, 0.15) is 5.76 Å². The zero-order valence-corrected chi connectivity index (χ0v) is 20.5.